The molecule has 0 saturated carbocycles. The zero-order valence-electron chi connectivity index (χ0n) is 14.8. The zero-order valence-corrected chi connectivity index (χ0v) is 15.6. The van der Waals surface area contributed by atoms with E-state index in [2.05, 4.69) is 5.32 Å². The summed E-state index contributed by atoms with van der Waals surface area (Å²) in [6, 6.07) is 6.02. The van der Waals surface area contributed by atoms with Crippen LogP contribution < -0.4 is 5.32 Å². The Balaban J connectivity index is 2.13. The second-order valence-corrected chi connectivity index (χ2v) is 8.50. The average Bonchev–Trinajstić information content (AvgIpc) is 2.62. The number of hydrogen-bond acceptors (Lipinski definition) is 5. The molecular weight excluding hydrogens is 358 g/mol. The predicted octanol–water partition coefficient (Wildman–Crippen LogP) is 1.73. The number of hydrogen-bond donors (Lipinski definition) is 2. The predicted molar refractivity (Wildman–Crippen MR) is 95.8 cm³/mol. The summed E-state index contributed by atoms with van der Waals surface area (Å²) in [5.74, 6) is -2.37. The van der Waals surface area contributed by atoms with Crippen LogP contribution in [0.2, 0.25) is 0 Å². The Morgan fingerprint density at radius 2 is 1.92 bits per heavy atom. The normalized spacial score (nSPS) is 16.8. The zero-order chi connectivity index (χ0) is 19.2. The van der Waals surface area contributed by atoms with Gasteiger partial charge in [-0.2, -0.15) is 0 Å². The molecule has 0 aliphatic carbocycles. The molecule has 1 aromatic rings. The molecule has 8 heteroatoms. The van der Waals surface area contributed by atoms with Crippen LogP contribution in [0.15, 0.2) is 29.2 Å². The van der Waals surface area contributed by atoms with Gasteiger partial charge in [-0.25, -0.2) is 8.42 Å². The fourth-order valence-corrected chi connectivity index (χ4v) is 4.71. The third-order valence-corrected chi connectivity index (χ3v) is 6.55. The monoisotopic (exact) mass is 383 g/mol. The SMILES string of the molecule is CCCS(=O)(=O)c1ccccc1C(=O)NCC(C(=O)O)C1CCOCC1. The van der Waals surface area contributed by atoms with Gasteiger partial charge in [-0.05, 0) is 37.3 Å². The van der Waals surface area contributed by atoms with Gasteiger partial charge < -0.3 is 15.2 Å². The highest BCUT2D eigenvalue weighted by Gasteiger charge is 2.30. The van der Waals surface area contributed by atoms with E-state index in [9.17, 15) is 23.1 Å². The number of ether oxygens (including phenoxy) is 1. The number of benzene rings is 1. The number of carbonyl (C=O) groups excluding carboxylic acids is 1. The van der Waals surface area contributed by atoms with Crippen molar-refractivity contribution in [2.24, 2.45) is 11.8 Å². The molecule has 1 aliphatic rings. The van der Waals surface area contributed by atoms with E-state index in [4.69, 9.17) is 4.74 Å². The van der Waals surface area contributed by atoms with Crippen molar-refractivity contribution < 1.29 is 27.9 Å². The quantitative estimate of drug-likeness (QED) is 0.707. The van der Waals surface area contributed by atoms with Crippen LogP contribution in [0.3, 0.4) is 0 Å². The van der Waals surface area contributed by atoms with E-state index >= 15 is 0 Å². The third kappa shape index (κ3) is 5.04. The molecule has 0 bridgehead atoms. The number of nitrogens with one attached hydrogen (secondary N) is 1. The van der Waals surface area contributed by atoms with Crippen molar-refractivity contribution in [1.82, 2.24) is 5.32 Å². The molecule has 1 unspecified atom stereocenters. The van der Waals surface area contributed by atoms with Crippen LogP contribution in [0, 0.1) is 11.8 Å². The van der Waals surface area contributed by atoms with Gasteiger partial charge in [-0.1, -0.05) is 19.1 Å². The van der Waals surface area contributed by atoms with Crippen LogP contribution in [-0.2, 0) is 19.4 Å². The first-order valence-electron chi connectivity index (χ1n) is 8.77. The summed E-state index contributed by atoms with van der Waals surface area (Å²) in [4.78, 5) is 24.1. The second kappa shape index (κ2) is 9.14. The van der Waals surface area contributed by atoms with Crippen molar-refractivity contribution in [3.63, 3.8) is 0 Å². The number of sulfone groups is 1. The maximum absolute atomic E-state index is 12.5. The highest BCUT2D eigenvalue weighted by atomic mass is 32.2. The van der Waals surface area contributed by atoms with Crippen molar-refractivity contribution in [3.05, 3.63) is 29.8 Å². The second-order valence-electron chi connectivity index (χ2n) is 6.42. The Bertz CT molecular complexity index is 740. The van der Waals surface area contributed by atoms with Gasteiger partial charge in [-0.3, -0.25) is 9.59 Å². The number of aliphatic carboxylic acids is 1. The van der Waals surface area contributed by atoms with E-state index < -0.39 is 27.6 Å². The number of carbonyl (C=O) groups is 2. The summed E-state index contributed by atoms with van der Waals surface area (Å²) in [5, 5.41) is 12.1. The highest BCUT2D eigenvalue weighted by molar-refractivity contribution is 7.91. The van der Waals surface area contributed by atoms with Crippen LogP contribution in [0.25, 0.3) is 0 Å². The van der Waals surface area contributed by atoms with Gasteiger partial charge in [-0.15, -0.1) is 0 Å². The van der Waals surface area contributed by atoms with Gasteiger partial charge in [0.2, 0.25) is 0 Å². The molecule has 0 radical (unpaired) electrons. The fourth-order valence-electron chi connectivity index (χ4n) is 3.18. The van der Waals surface area contributed by atoms with E-state index in [1.807, 2.05) is 0 Å². The molecule has 26 heavy (non-hydrogen) atoms. The summed E-state index contributed by atoms with van der Waals surface area (Å²) < 4.78 is 30.0. The number of rotatable bonds is 8. The number of carboxylic acids is 1. The summed E-state index contributed by atoms with van der Waals surface area (Å²) >= 11 is 0. The summed E-state index contributed by atoms with van der Waals surface area (Å²) in [5.41, 5.74) is 0.0528. The summed E-state index contributed by atoms with van der Waals surface area (Å²) in [6.07, 6.45) is 1.71. The molecule has 144 valence electrons. The first kappa shape index (κ1) is 20.4. The Kier molecular flexibility index (Phi) is 7.16. The molecule has 1 heterocycles. The molecule has 1 amide bonds. The van der Waals surface area contributed by atoms with Crippen LogP contribution in [-0.4, -0.2) is 50.9 Å². The van der Waals surface area contributed by atoms with Gasteiger partial charge in [0.05, 0.1) is 22.1 Å². The fraction of sp³-hybridized carbons (Fsp3) is 0.556. The molecule has 1 fully saturated rings. The molecule has 1 atom stereocenters. The van der Waals surface area contributed by atoms with Crippen molar-refractivity contribution >= 4 is 21.7 Å². The van der Waals surface area contributed by atoms with Crippen LogP contribution >= 0.6 is 0 Å². The molecule has 0 spiro atoms. The van der Waals surface area contributed by atoms with Crippen molar-refractivity contribution in [2.45, 2.75) is 31.1 Å². The molecule has 7 nitrogen and oxygen atoms in total. The smallest absolute Gasteiger partial charge is 0.308 e. The minimum atomic E-state index is -3.56. The average molecular weight is 383 g/mol. The van der Waals surface area contributed by atoms with E-state index in [0.717, 1.165) is 0 Å². The Hall–Kier alpha value is -1.93. The van der Waals surface area contributed by atoms with E-state index in [1.54, 1.807) is 19.1 Å². The number of carboxylic acid groups (broad SMARTS) is 1. The van der Waals surface area contributed by atoms with Crippen molar-refractivity contribution in [3.8, 4) is 0 Å². The van der Waals surface area contributed by atoms with Gasteiger partial charge in [0.25, 0.3) is 5.91 Å². The molecule has 2 rings (SSSR count). The van der Waals surface area contributed by atoms with Crippen LogP contribution in [0.5, 0.6) is 0 Å². The molecular formula is C18H25NO6S. The Morgan fingerprint density at radius 1 is 1.27 bits per heavy atom. The molecule has 0 aromatic heterocycles. The van der Waals surface area contributed by atoms with Crippen molar-refractivity contribution in [2.75, 3.05) is 25.5 Å². The largest absolute Gasteiger partial charge is 0.481 e. The first-order valence-corrected chi connectivity index (χ1v) is 10.4. The molecule has 1 aliphatic heterocycles. The lowest BCUT2D eigenvalue weighted by atomic mass is 9.86. The summed E-state index contributed by atoms with van der Waals surface area (Å²) in [6.45, 7) is 2.74. The summed E-state index contributed by atoms with van der Waals surface area (Å²) in [7, 11) is -3.56. The van der Waals surface area contributed by atoms with Crippen LogP contribution in [0.1, 0.15) is 36.5 Å². The minimum Gasteiger partial charge on any atom is -0.481 e. The maximum Gasteiger partial charge on any atom is 0.308 e. The number of amides is 1. The molecule has 1 saturated heterocycles. The minimum absolute atomic E-state index is 0.0164. The lowest BCUT2D eigenvalue weighted by Crippen LogP contribution is -2.39. The van der Waals surface area contributed by atoms with E-state index in [0.29, 0.717) is 32.5 Å². The lowest BCUT2D eigenvalue weighted by molar-refractivity contribution is -0.144. The molecule has 2 N–H and O–H groups in total. The van der Waals surface area contributed by atoms with Gasteiger partial charge in [0.1, 0.15) is 0 Å². The molecule has 1 aromatic carbocycles. The third-order valence-electron chi connectivity index (χ3n) is 4.57. The van der Waals surface area contributed by atoms with Gasteiger partial charge in [0, 0.05) is 19.8 Å². The Morgan fingerprint density at radius 3 is 2.54 bits per heavy atom. The first-order chi connectivity index (χ1) is 12.4. The van der Waals surface area contributed by atoms with E-state index in [-0.39, 0.29) is 28.7 Å². The van der Waals surface area contributed by atoms with Crippen molar-refractivity contribution in [1.29, 1.82) is 0 Å². The Labute approximate surface area is 153 Å². The highest BCUT2D eigenvalue weighted by Crippen LogP contribution is 2.24. The van der Waals surface area contributed by atoms with Gasteiger partial charge >= 0.3 is 5.97 Å². The standard InChI is InChI=1S/C18H25NO6S/c1-2-11-26(23,24)16-6-4-3-5-14(16)17(20)19-12-15(18(21)22)13-7-9-25-10-8-13/h3-6,13,15H,2,7-12H2,1H3,(H,19,20)(H,21,22). The van der Waals surface area contributed by atoms with E-state index in [1.165, 1.54) is 12.1 Å². The maximum atomic E-state index is 12.5. The topological polar surface area (TPSA) is 110 Å². The lowest BCUT2D eigenvalue weighted by Gasteiger charge is -2.27. The van der Waals surface area contributed by atoms with Gasteiger partial charge in [0.15, 0.2) is 9.84 Å². The van der Waals surface area contributed by atoms with Crippen LogP contribution in [0.4, 0.5) is 0 Å².